The van der Waals surface area contributed by atoms with E-state index in [1.807, 2.05) is 25.6 Å². The summed E-state index contributed by atoms with van der Waals surface area (Å²) in [6.07, 6.45) is 0.628. The number of aryl methyl sites for hydroxylation is 2. The molecule has 0 aliphatic heterocycles. The van der Waals surface area contributed by atoms with Gasteiger partial charge in [-0.25, -0.2) is 4.39 Å². The second-order valence-electron chi connectivity index (χ2n) is 4.85. The van der Waals surface area contributed by atoms with Crippen molar-refractivity contribution in [3.8, 4) is 0 Å². The van der Waals surface area contributed by atoms with Gasteiger partial charge in [0.1, 0.15) is 5.82 Å². The standard InChI is InChI=1S/C15H18BrClFN3/c1-4-21-13(14(16)9(2)20-21)8-12(19-3)10-6-5-7-11(17)15(10)18/h5-7,12,19H,4,8H2,1-3H3. The predicted molar refractivity (Wildman–Crippen MR) is 87.3 cm³/mol. The first-order chi connectivity index (χ1) is 9.99. The molecule has 1 unspecified atom stereocenters. The molecule has 0 radical (unpaired) electrons. The van der Waals surface area contributed by atoms with Crippen LogP contribution in [0.3, 0.4) is 0 Å². The Balaban J connectivity index is 2.38. The minimum Gasteiger partial charge on any atom is -0.313 e. The highest BCUT2D eigenvalue weighted by Gasteiger charge is 2.21. The topological polar surface area (TPSA) is 29.9 Å². The zero-order valence-electron chi connectivity index (χ0n) is 12.3. The number of aromatic nitrogens is 2. The average molecular weight is 375 g/mol. The minimum atomic E-state index is -0.367. The maximum atomic E-state index is 14.2. The first-order valence-electron chi connectivity index (χ1n) is 6.82. The van der Waals surface area contributed by atoms with Gasteiger partial charge < -0.3 is 5.32 Å². The van der Waals surface area contributed by atoms with Crippen molar-refractivity contribution >= 4 is 27.5 Å². The molecule has 3 nitrogen and oxygen atoms in total. The van der Waals surface area contributed by atoms with Crippen molar-refractivity contribution in [1.82, 2.24) is 15.1 Å². The molecule has 0 saturated carbocycles. The fraction of sp³-hybridized carbons (Fsp3) is 0.400. The van der Waals surface area contributed by atoms with Gasteiger partial charge in [0.2, 0.25) is 0 Å². The van der Waals surface area contributed by atoms with Crippen LogP contribution in [0.1, 0.15) is 29.9 Å². The maximum Gasteiger partial charge on any atom is 0.146 e. The monoisotopic (exact) mass is 373 g/mol. The minimum absolute atomic E-state index is 0.145. The number of hydrogen-bond donors (Lipinski definition) is 1. The van der Waals surface area contributed by atoms with Crippen LogP contribution in [-0.4, -0.2) is 16.8 Å². The Bertz CT molecular complexity index is 642. The van der Waals surface area contributed by atoms with Crippen molar-refractivity contribution in [3.05, 3.63) is 50.5 Å². The summed E-state index contributed by atoms with van der Waals surface area (Å²) < 4.78 is 17.1. The van der Waals surface area contributed by atoms with E-state index < -0.39 is 0 Å². The Kier molecular flexibility index (Phi) is 5.41. The Hall–Kier alpha value is -0.910. The molecule has 0 aliphatic rings. The van der Waals surface area contributed by atoms with Gasteiger partial charge in [-0.2, -0.15) is 5.10 Å². The molecule has 6 heteroatoms. The van der Waals surface area contributed by atoms with Crippen LogP contribution in [0.15, 0.2) is 22.7 Å². The van der Waals surface area contributed by atoms with Crippen LogP contribution in [0.4, 0.5) is 4.39 Å². The van der Waals surface area contributed by atoms with Crippen molar-refractivity contribution in [1.29, 1.82) is 0 Å². The predicted octanol–water partition coefficient (Wildman–Crippen LogP) is 4.27. The summed E-state index contributed by atoms with van der Waals surface area (Å²) in [5.74, 6) is -0.367. The molecule has 0 bridgehead atoms. The molecule has 0 fully saturated rings. The van der Waals surface area contributed by atoms with Crippen LogP contribution in [0.2, 0.25) is 5.02 Å². The van der Waals surface area contributed by atoms with E-state index in [1.54, 1.807) is 18.2 Å². The normalized spacial score (nSPS) is 12.7. The quantitative estimate of drug-likeness (QED) is 0.847. The van der Waals surface area contributed by atoms with Crippen LogP contribution >= 0.6 is 27.5 Å². The van der Waals surface area contributed by atoms with Crippen LogP contribution in [0.5, 0.6) is 0 Å². The number of nitrogens with zero attached hydrogens (tertiary/aromatic N) is 2. The van der Waals surface area contributed by atoms with Crippen molar-refractivity contribution in [3.63, 3.8) is 0 Å². The summed E-state index contributed by atoms with van der Waals surface area (Å²) in [6.45, 7) is 4.76. The van der Waals surface area contributed by atoms with E-state index in [-0.39, 0.29) is 16.9 Å². The van der Waals surface area contributed by atoms with Gasteiger partial charge in [0.05, 0.1) is 20.9 Å². The zero-order valence-corrected chi connectivity index (χ0v) is 14.6. The first kappa shape index (κ1) is 16.5. The lowest BCUT2D eigenvalue weighted by molar-refractivity contribution is 0.510. The van der Waals surface area contributed by atoms with Crippen LogP contribution in [0.25, 0.3) is 0 Å². The molecule has 0 spiro atoms. The van der Waals surface area contributed by atoms with Crippen molar-refractivity contribution in [2.24, 2.45) is 0 Å². The fourth-order valence-corrected chi connectivity index (χ4v) is 3.04. The van der Waals surface area contributed by atoms with Gasteiger partial charge in [-0.15, -0.1) is 0 Å². The van der Waals surface area contributed by atoms with E-state index in [0.717, 1.165) is 22.4 Å². The Labute approximate surface area is 137 Å². The Morgan fingerprint density at radius 1 is 1.48 bits per heavy atom. The molecule has 1 aromatic carbocycles. The van der Waals surface area contributed by atoms with Crippen LogP contribution in [-0.2, 0) is 13.0 Å². The molecule has 2 aromatic rings. The number of likely N-dealkylation sites (N-methyl/N-ethyl adjacent to an activating group) is 1. The third-order valence-corrected chi connectivity index (χ3v) is 4.88. The van der Waals surface area contributed by atoms with E-state index in [4.69, 9.17) is 11.6 Å². The Morgan fingerprint density at radius 2 is 2.19 bits per heavy atom. The molecular weight excluding hydrogens is 357 g/mol. The van der Waals surface area contributed by atoms with E-state index in [9.17, 15) is 4.39 Å². The summed E-state index contributed by atoms with van der Waals surface area (Å²) in [5.41, 5.74) is 2.56. The molecule has 1 heterocycles. The van der Waals surface area contributed by atoms with E-state index in [2.05, 4.69) is 26.3 Å². The van der Waals surface area contributed by atoms with Gasteiger partial charge in [0.25, 0.3) is 0 Å². The average Bonchev–Trinajstić information content (AvgIpc) is 2.75. The second-order valence-corrected chi connectivity index (χ2v) is 6.05. The van der Waals surface area contributed by atoms with Crippen molar-refractivity contribution in [2.75, 3.05) is 7.05 Å². The first-order valence-corrected chi connectivity index (χ1v) is 7.99. The SMILES string of the molecule is CCn1nc(C)c(Br)c1CC(NC)c1cccc(Cl)c1F. The van der Waals surface area contributed by atoms with E-state index in [0.29, 0.717) is 12.0 Å². The summed E-state index contributed by atoms with van der Waals surface area (Å²) in [7, 11) is 1.82. The molecule has 1 atom stereocenters. The zero-order chi connectivity index (χ0) is 15.6. The van der Waals surface area contributed by atoms with Crippen molar-refractivity contribution < 1.29 is 4.39 Å². The highest BCUT2D eigenvalue weighted by Crippen LogP contribution is 2.29. The van der Waals surface area contributed by atoms with Crippen molar-refractivity contribution in [2.45, 2.75) is 32.9 Å². The number of benzene rings is 1. The molecular formula is C15H18BrClFN3. The van der Waals surface area contributed by atoms with Gasteiger partial charge in [0.15, 0.2) is 0 Å². The second kappa shape index (κ2) is 6.90. The third-order valence-electron chi connectivity index (χ3n) is 3.56. The molecule has 0 amide bonds. The summed E-state index contributed by atoms with van der Waals surface area (Å²) in [5, 5.41) is 7.78. The molecule has 1 N–H and O–H groups in total. The number of nitrogens with one attached hydrogen (secondary N) is 1. The summed E-state index contributed by atoms with van der Waals surface area (Å²) >= 11 is 9.46. The smallest absolute Gasteiger partial charge is 0.146 e. The van der Waals surface area contributed by atoms with E-state index in [1.165, 1.54) is 0 Å². The lowest BCUT2D eigenvalue weighted by atomic mass is 10.0. The lowest BCUT2D eigenvalue weighted by Crippen LogP contribution is -2.22. The molecule has 0 aliphatic carbocycles. The molecule has 2 rings (SSSR count). The molecule has 0 saturated heterocycles. The van der Waals surface area contributed by atoms with Gasteiger partial charge in [-0.1, -0.05) is 23.7 Å². The summed E-state index contributed by atoms with van der Waals surface area (Å²) in [6, 6.07) is 4.92. The lowest BCUT2D eigenvalue weighted by Gasteiger charge is -2.18. The number of rotatable bonds is 5. The Morgan fingerprint density at radius 3 is 2.81 bits per heavy atom. The highest BCUT2D eigenvalue weighted by molar-refractivity contribution is 9.10. The third kappa shape index (κ3) is 3.30. The van der Waals surface area contributed by atoms with Gasteiger partial charge in [-0.3, -0.25) is 4.68 Å². The molecule has 1 aromatic heterocycles. The fourth-order valence-electron chi connectivity index (χ4n) is 2.41. The van der Waals surface area contributed by atoms with Gasteiger partial charge >= 0.3 is 0 Å². The van der Waals surface area contributed by atoms with E-state index >= 15 is 0 Å². The number of hydrogen-bond acceptors (Lipinski definition) is 2. The summed E-state index contributed by atoms with van der Waals surface area (Å²) in [4.78, 5) is 0. The molecule has 21 heavy (non-hydrogen) atoms. The van der Waals surface area contributed by atoms with Gasteiger partial charge in [0, 0.05) is 24.6 Å². The molecule has 114 valence electrons. The highest BCUT2D eigenvalue weighted by atomic mass is 79.9. The maximum absolute atomic E-state index is 14.2. The van der Waals surface area contributed by atoms with Gasteiger partial charge in [-0.05, 0) is 42.9 Å². The number of halogens is 3. The van der Waals surface area contributed by atoms with Crippen LogP contribution in [0, 0.1) is 12.7 Å². The largest absolute Gasteiger partial charge is 0.313 e. The van der Waals surface area contributed by atoms with Crippen LogP contribution < -0.4 is 5.32 Å².